The lowest BCUT2D eigenvalue weighted by Gasteiger charge is -2.17. The quantitative estimate of drug-likeness (QED) is 0.168. The summed E-state index contributed by atoms with van der Waals surface area (Å²) in [5.74, 6) is 0. The Kier molecular flexibility index (Phi) is 7.45. The number of para-hydroxylation sites is 1. The fraction of sp³-hybridized carbons (Fsp3) is 0.0179. The Labute approximate surface area is 340 Å². The van der Waals surface area contributed by atoms with Gasteiger partial charge in [0.2, 0.25) is 0 Å². The second kappa shape index (κ2) is 13.2. The molecule has 0 aliphatic carbocycles. The van der Waals surface area contributed by atoms with Crippen molar-refractivity contribution in [3.8, 4) is 44.9 Å². The van der Waals surface area contributed by atoms with E-state index in [-0.39, 0.29) is 0 Å². The third-order valence-electron chi connectivity index (χ3n) is 12.2. The van der Waals surface area contributed by atoms with Crippen LogP contribution >= 0.6 is 0 Å². The van der Waals surface area contributed by atoms with Gasteiger partial charge < -0.3 is 0 Å². The second-order valence-electron chi connectivity index (χ2n) is 15.5. The van der Waals surface area contributed by atoms with E-state index in [1.54, 1.807) is 0 Å². The minimum absolute atomic E-state index is 0.911. The molecule has 0 bridgehead atoms. The number of benzene rings is 9. The van der Waals surface area contributed by atoms with Crippen LogP contribution in [0.2, 0.25) is 0 Å². The molecule has 0 N–H and O–H groups in total. The third kappa shape index (κ3) is 5.25. The molecule has 0 spiro atoms. The summed E-state index contributed by atoms with van der Waals surface area (Å²) in [4.78, 5) is 15.9. The van der Waals surface area contributed by atoms with Gasteiger partial charge in [0.1, 0.15) is 0 Å². The van der Waals surface area contributed by atoms with Gasteiger partial charge in [0, 0.05) is 43.6 Å². The molecule has 0 aliphatic rings. The summed E-state index contributed by atoms with van der Waals surface area (Å²) >= 11 is 0. The summed E-state index contributed by atoms with van der Waals surface area (Å²) in [5, 5.41) is 13.2. The van der Waals surface area contributed by atoms with E-state index in [9.17, 15) is 0 Å². The third-order valence-corrected chi connectivity index (χ3v) is 12.2. The van der Waals surface area contributed by atoms with Crippen LogP contribution in [0.25, 0.3) is 121 Å². The monoisotopic (exact) mass is 749 g/mol. The molecule has 9 aromatic carbocycles. The topological polar surface area (TPSA) is 38.7 Å². The number of hydrogen-bond acceptors (Lipinski definition) is 3. The summed E-state index contributed by atoms with van der Waals surface area (Å²) in [6.45, 7) is 2.21. The fourth-order valence-corrected chi connectivity index (χ4v) is 9.38. The van der Waals surface area contributed by atoms with Crippen LogP contribution in [0.4, 0.5) is 0 Å². The Balaban J connectivity index is 1.01. The number of pyridine rings is 3. The minimum atomic E-state index is 0.911. The first kappa shape index (κ1) is 33.4. The Morgan fingerprint density at radius 3 is 1.58 bits per heavy atom. The lowest BCUT2D eigenvalue weighted by atomic mass is 9.89. The normalized spacial score (nSPS) is 11.8. The molecular weight excluding hydrogens is 715 g/mol. The Morgan fingerprint density at radius 1 is 0.305 bits per heavy atom. The van der Waals surface area contributed by atoms with Crippen molar-refractivity contribution in [1.29, 1.82) is 0 Å². The highest BCUT2D eigenvalue weighted by molar-refractivity contribution is 6.33. The van der Waals surface area contributed by atoms with Gasteiger partial charge in [0.25, 0.3) is 0 Å². The molecule has 0 fully saturated rings. The summed E-state index contributed by atoms with van der Waals surface area (Å²) < 4.78 is 0. The molecule has 0 saturated carbocycles. The lowest BCUT2D eigenvalue weighted by molar-refractivity contribution is 1.37. The molecule has 3 heteroatoms. The van der Waals surface area contributed by atoms with Crippen LogP contribution in [0.5, 0.6) is 0 Å². The Hall–Kier alpha value is -7.75. The molecule has 274 valence electrons. The van der Waals surface area contributed by atoms with Crippen LogP contribution in [0.15, 0.2) is 194 Å². The standard InChI is InChI=1S/C56H35N3/c1-34-12-11-20-46-43(50-33-29-39-27-26-38-28-32-48(36-13-3-2-4-14-36)57-55(38)56(39)59-50)31-30-40(51(34)46)35-22-24-37(25-23-35)54-53-45-18-8-6-16-42(45)41-15-5-7-17-44(41)52(53)47-19-9-10-21-49(47)58-54/h2-33H,1H3. The maximum absolute atomic E-state index is 5.39. The van der Waals surface area contributed by atoms with Crippen LogP contribution in [-0.2, 0) is 0 Å². The molecule has 12 rings (SSSR count). The molecule has 0 atom stereocenters. The van der Waals surface area contributed by atoms with E-state index < -0.39 is 0 Å². The molecule has 3 heterocycles. The van der Waals surface area contributed by atoms with Crippen molar-refractivity contribution in [1.82, 2.24) is 15.0 Å². The molecule has 0 aliphatic heterocycles. The largest absolute Gasteiger partial charge is 0.247 e. The van der Waals surface area contributed by atoms with Crippen molar-refractivity contribution < 1.29 is 0 Å². The first-order chi connectivity index (χ1) is 29.2. The van der Waals surface area contributed by atoms with E-state index in [1.165, 1.54) is 59.6 Å². The SMILES string of the molecule is Cc1cccc2c(-c3ccc4ccc5ccc(-c6ccccc6)nc5c4n3)ccc(-c3ccc(-c4nc5ccccc5c5c6ccccc6c6ccccc6c45)cc3)c12. The molecule has 0 saturated heterocycles. The average Bonchev–Trinajstić information content (AvgIpc) is 3.31. The van der Waals surface area contributed by atoms with Gasteiger partial charge in [0.05, 0.1) is 33.6 Å². The maximum Gasteiger partial charge on any atom is 0.0972 e. The van der Waals surface area contributed by atoms with Crippen LogP contribution in [-0.4, -0.2) is 15.0 Å². The van der Waals surface area contributed by atoms with Crippen molar-refractivity contribution in [3.63, 3.8) is 0 Å². The number of aromatic nitrogens is 3. The van der Waals surface area contributed by atoms with Crippen LogP contribution in [0.1, 0.15) is 5.56 Å². The molecule has 59 heavy (non-hydrogen) atoms. The first-order valence-corrected chi connectivity index (χ1v) is 20.2. The molecule has 0 radical (unpaired) electrons. The molecule has 3 nitrogen and oxygen atoms in total. The summed E-state index contributed by atoms with van der Waals surface area (Å²) in [5.41, 5.74) is 12.6. The van der Waals surface area contributed by atoms with Crippen molar-refractivity contribution in [2.24, 2.45) is 0 Å². The van der Waals surface area contributed by atoms with Gasteiger partial charge in [-0.15, -0.1) is 0 Å². The Bertz CT molecular complexity index is 3660. The van der Waals surface area contributed by atoms with E-state index >= 15 is 0 Å². The highest BCUT2D eigenvalue weighted by atomic mass is 14.8. The van der Waals surface area contributed by atoms with Gasteiger partial charge in [-0.25, -0.2) is 15.0 Å². The number of aryl methyl sites for hydroxylation is 1. The van der Waals surface area contributed by atoms with Crippen molar-refractivity contribution in [2.75, 3.05) is 0 Å². The van der Waals surface area contributed by atoms with Gasteiger partial charge in [-0.1, -0.05) is 176 Å². The van der Waals surface area contributed by atoms with Gasteiger partial charge in [-0.05, 0) is 74.1 Å². The highest BCUT2D eigenvalue weighted by Gasteiger charge is 2.19. The maximum atomic E-state index is 5.39. The molecule has 12 aromatic rings. The van der Waals surface area contributed by atoms with Crippen LogP contribution < -0.4 is 0 Å². The number of hydrogen-bond donors (Lipinski definition) is 0. The molecule has 3 aromatic heterocycles. The number of rotatable bonds is 4. The molecule has 0 unspecified atom stereocenters. The number of nitrogens with zero attached hydrogens (tertiary/aromatic N) is 3. The predicted octanol–water partition coefficient (Wildman–Crippen LogP) is 14.9. The molecular formula is C56H35N3. The average molecular weight is 750 g/mol. The highest BCUT2D eigenvalue weighted by Crippen LogP contribution is 2.44. The second-order valence-corrected chi connectivity index (χ2v) is 15.5. The first-order valence-electron chi connectivity index (χ1n) is 20.2. The zero-order valence-corrected chi connectivity index (χ0v) is 32.3. The van der Waals surface area contributed by atoms with Crippen LogP contribution in [0.3, 0.4) is 0 Å². The van der Waals surface area contributed by atoms with Crippen LogP contribution in [0, 0.1) is 6.92 Å². The van der Waals surface area contributed by atoms with E-state index in [2.05, 4.69) is 195 Å². The summed E-state index contributed by atoms with van der Waals surface area (Å²) in [6.07, 6.45) is 0. The molecule has 0 amide bonds. The van der Waals surface area contributed by atoms with Crippen molar-refractivity contribution >= 4 is 75.8 Å². The predicted molar refractivity (Wildman–Crippen MR) is 249 cm³/mol. The van der Waals surface area contributed by atoms with Crippen molar-refractivity contribution in [3.05, 3.63) is 200 Å². The van der Waals surface area contributed by atoms with Gasteiger partial charge in [-0.3, -0.25) is 0 Å². The van der Waals surface area contributed by atoms with E-state index in [1.807, 2.05) is 6.07 Å². The van der Waals surface area contributed by atoms with Gasteiger partial charge >= 0.3 is 0 Å². The smallest absolute Gasteiger partial charge is 0.0972 e. The number of fused-ring (bicyclic) bond motifs is 12. The lowest BCUT2D eigenvalue weighted by Crippen LogP contribution is -1.94. The van der Waals surface area contributed by atoms with Gasteiger partial charge in [-0.2, -0.15) is 0 Å². The minimum Gasteiger partial charge on any atom is -0.247 e. The zero-order chi connectivity index (χ0) is 39.0. The summed E-state index contributed by atoms with van der Waals surface area (Å²) in [7, 11) is 0. The Morgan fingerprint density at radius 2 is 0.847 bits per heavy atom. The van der Waals surface area contributed by atoms with Gasteiger partial charge in [0.15, 0.2) is 0 Å². The van der Waals surface area contributed by atoms with E-state index in [0.29, 0.717) is 0 Å². The fourth-order valence-electron chi connectivity index (χ4n) is 9.38. The summed E-state index contributed by atoms with van der Waals surface area (Å²) in [6, 6.07) is 69.5. The van der Waals surface area contributed by atoms with E-state index in [4.69, 9.17) is 15.0 Å². The zero-order valence-electron chi connectivity index (χ0n) is 32.3. The van der Waals surface area contributed by atoms with Crippen molar-refractivity contribution in [2.45, 2.75) is 6.92 Å². The van der Waals surface area contributed by atoms with E-state index in [0.717, 1.165) is 66.7 Å².